The van der Waals surface area contributed by atoms with Crippen LogP contribution in [0.25, 0.3) is 0 Å². The number of aliphatic hydroxyl groups excluding tert-OH is 2. The van der Waals surface area contributed by atoms with Gasteiger partial charge in [-0.1, -0.05) is 0 Å². The van der Waals surface area contributed by atoms with Gasteiger partial charge >= 0.3 is 0 Å². The Balaban J connectivity index is 2.70. The molecule has 0 radical (unpaired) electrons. The van der Waals surface area contributed by atoms with E-state index in [9.17, 15) is 8.42 Å². The lowest BCUT2D eigenvalue weighted by molar-refractivity contribution is 0.121. The molecule has 0 bridgehead atoms. The third kappa shape index (κ3) is 5.38. The number of hydrogen-bond acceptors (Lipinski definition) is 7. The van der Waals surface area contributed by atoms with Gasteiger partial charge in [0.1, 0.15) is 5.76 Å². The van der Waals surface area contributed by atoms with E-state index in [0.29, 0.717) is 25.5 Å². The van der Waals surface area contributed by atoms with Gasteiger partial charge in [-0.25, -0.2) is 8.42 Å². The predicted octanol–water partition coefficient (Wildman–Crippen LogP) is -0.963. The maximum Gasteiger partial charge on any atom is 0.274 e. The summed E-state index contributed by atoms with van der Waals surface area (Å²) in [6, 6.07) is 2.87. The van der Waals surface area contributed by atoms with Gasteiger partial charge in [0, 0.05) is 13.7 Å². The molecular formula is C12H22N2O6S. The van der Waals surface area contributed by atoms with Crippen LogP contribution >= 0.6 is 0 Å². The van der Waals surface area contributed by atoms with Gasteiger partial charge in [-0.05, 0) is 19.1 Å². The molecule has 0 aliphatic rings. The van der Waals surface area contributed by atoms with E-state index in [1.807, 2.05) is 0 Å². The van der Waals surface area contributed by atoms with Crippen molar-refractivity contribution in [1.29, 1.82) is 0 Å². The molecule has 0 aliphatic heterocycles. The highest BCUT2D eigenvalue weighted by Gasteiger charge is 2.31. The van der Waals surface area contributed by atoms with Gasteiger partial charge in [-0.15, -0.1) is 0 Å². The van der Waals surface area contributed by atoms with Crippen LogP contribution in [0.15, 0.2) is 21.6 Å². The fourth-order valence-corrected chi connectivity index (χ4v) is 2.82. The normalized spacial score (nSPS) is 12.8. The van der Waals surface area contributed by atoms with Crippen LogP contribution in [-0.4, -0.2) is 57.6 Å². The van der Waals surface area contributed by atoms with E-state index in [0.717, 1.165) is 0 Å². The molecule has 1 aromatic rings. The second-order valence-electron chi connectivity index (χ2n) is 4.87. The summed E-state index contributed by atoms with van der Waals surface area (Å²) in [5.41, 5.74) is -1.34. The number of sulfonamides is 1. The summed E-state index contributed by atoms with van der Waals surface area (Å²) in [5, 5.41) is 21.0. The van der Waals surface area contributed by atoms with Crippen LogP contribution in [-0.2, 0) is 21.3 Å². The summed E-state index contributed by atoms with van der Waals surface area (Å²) in [4.78, 5) is 0. The molecule has 4 N–H and O–H groups in total. The van der Waals surface area contributed by atoms with E-state index in [4.69, 9.17) is 19.4 Å². The molecular weight excluding hydrogens is 300 g/mol. The monoisotopic (exact) mass is 322 g/mol. The van der Waals surface area contributed by atoms with Crippen LogP contribution in [0.4, 0.5) is 0 Å². The van der Waals surface area contributed by atoms with E-state index in [2.05, 4.69) is 10.0 Å². The van der Waals surface area contributed by atoms with Crippen molar-refractivity contribution >= 4 is 10.0 Å². The van der Waals surface area contributed by atoms with Crippen LogP contribution in [0.1, 0.15) is 12.7 Å². The molecule has 122 valence electrons. The highest BCUT2D eigenvalue weighted by Crippen LogP contribution is 2.16. The summed E-state index contributed by atoms with van der Waals surface area (Å²) in [6.07, 6.45) is 0. The third-order valence-corrected chi connectivity index (χ3v) is 4.27. The second kappa shape index (κ2) is 7.87. The Morgan fingerprint density at radius 1 is 1.33 bits per heavy atom. The van der Waals surface area contributed by atoms with E-state index >= 15 is 0 Å². The van der Waals surface area contributed by atoms with Crippen molar-refractivity contribution in [1.82, 2.24) is 10.0 Å². The van der Waals surface area contributed by atoms with Crippen LogP contribution in [0.3, 0.4) is 0 Å². The Morgan fingerprint density at radius 2 is 2.00 bits per heavy atom. The second-order valence-corrected chi connectivity index (χ2v) is 6.49. The minimum atomic E-state index is -3.95. The average molecular weight is 322 g/mol. The molecule has 0 amide bonds. The Labute approximate surface area is 124 Å². The first-order valence-electron chi connectivity index (χ1n) is 6.41. The number of furan rings is 1. The minimum absolute atomic E-state index is 0.265. The van der Waals surface area contributed by atoms with Crippen molar-refractivity contribution in [3.63, 3.8) is 0 Å². The fraction of sp³-hybridized carbons (Fsp3) is 0.667. The van der Waals surface area contributed by atoms with Crippen molar-refractivity contribution in [2.24, 2.45) is 0 Å². The maximum absolute atomic E-state index is 12.1. The first kappa shape index (κ1) is 18.1. The Hall–Kier alpha value is -0.970. The topological polar surface area (TPSA) is 121 Å². The predicted molar refractivity (Wildman–Crippen MR) is 75.2 cm³/mol. The highest BCUT2D eigenvalue weighted by molar-refractivity contribution is 7.89. The molecule has 9 heteroatoms. The van der Waals surface area contributed by atoms with E-state index < -0.39 is 28.8 Å². The first-order valence-corrected chi connectivity index (χ1v) is 7.89. The molecule has 0 spiro atoms. The molecule has 0 aromatic carbocycles. The van der Waals surface area contributed by atoms with Gasteiger partial charge in [0.25, 0.3) is 10.0 Å². The fourth-order valence-electron chi connectivity index (χ4n) is 1.47. The zero-order chi connectivity index (χ0) is 15.9. The van der Waals surface area contributed by atoms with Gasteiger partial charge in [0.2, 0.25) is 5.09 Å². The highest BCUT2D eigenvalue weighted by atomic mass is 32.2. The Morgan fingerprint density at radius 3 is 2.57 bits per heavy atom. The van der Waals surface area contributed by atoms with Crippen LogP contribution in [0.2, 0.25) is 0 Å². The summed E-state index contributed by atoms with van der Waals surface area (Å²) in [7, 11) is -2.36. The van der Waals surface area contributed by atoms with Crippen LogP contribution in [0, 0.1) is 0 Å². The quantitative estimate of drug-likeness (QED) is 0.409. The van der Waals surface area contributed by atoms with Crippen molar-refractivity contribution in [3.05, 3.63) is 17.9 Å². The summed E-state index contributed by atoms with van der Waals surface area (Å²) < 4.78 is 36.5. The lowest BCUT2D eigenvalue weighted by atomic mass is 10.1. The standard InChI is InChI=1S/C12H22N2O6S/c1-12(8-15,9-16)14-21(17,18)11-4-3-10(20-11)7-13-5-6-19-2/h3-4,13-16H,5-9H2,1-2H3. The lowest BCUT2D eigenvalue weighted by Crippen LogP contribution is -2.51. The van der Waals surface area contributed by atoms with E-state index in [1.165, 1.54) is 13.0 Å². The molecule has 8 nitrogen and oxygen atoms in total. The molecule has 0 unspecified atom stereocenters. The summed E-state index contributed by atoms with van der Waals surface area (Å²) in [5.74, 6) is 0.459. The minimum Gasteiger partial charge on any atom is -0.447 e. The molecule has 0 saturated heterocycles. The summed E-state index contributed by atoms with van der Waals surface area (Å²) in [6.45, 7) is 1.85. The van der Waals surface area contributed by atoms with Crippen molar-refractivity contribution in [2.45, 2.75) is 24.1 Å². The van der Waals surface area contributed by atoms with E-state index in [-0.39, 0.29) is 5.09 Å². The van der Waals surface area contributed by atoms with Gasteiger partial charge in [0.05, 0.1) is 31.9 Å². The maximum atomic E-state index is 12.1. The number of methoxy groups -OCH3 is 1. The Bertz CT molecular complexity index is 524. The van der Waals surface area contributed by atoms with Crippen LogP contribution in [0.5, 0.6) is 0 Å². The largest absolute Gasteiger partial charge is 0.447 e. The van der Waals surface area contributed by atoms with Crippen LogP contribution < -0.4 is 10.0 Å². The van der Waals surface area contributed by atoms with Crippen molar-refractivity contribution < 1.29 is 27.8 Å². The molecule has 0 aliphatic carbocycles. The zero-order valence-electron chi connectivity index (χ0n) is 12.1. The molecule has 0 atom stereocenters. The number of hydrogen-bond donors (Lipinski definition) is 4. The molecule has 1 rings (SSSR count). The summed E-state index contributed by atoms with van der Waals surface area (Å²) >= 11 is 0. The third-order valence-electron chi connectivity index (χ3n) is 2.76. The molecule has 0 saturated carbocycles. The van der Waals surface area contributed by atoms with Gasteiger partial charge in [0.15, 0.2) is 0 Å². The van der Waals surface area contributed by atoms with Gasteiger partial charge < -0.3 is 24.7 Å². The molecule has 1 heterocycles. The van der Waals surface area contributed by atoms with Gasteiger partial charge in [-0.3, -0.25) is 0 Å². The first-order chi connectivity index (χ1) is 9.87. The zero-order valence-corrected chi connectivity index (χ0v) is 12.9. The van der Waals surface area contributed by atoms with Gasteiger partial charge in [-0.2, -0.15) is 4.72 Å². The number of nitrogens with one attached hydrogen (secondary N) is 2. The molecule has 1 aromatic heterocycles. The smallest absolute Gasteiger partial charge is 0.274 e. The molecule has 21 heavy (non-hydrogen) atoms. The number of rotatable bonds is 10. The van der Waals surface area contributed by atoms with Crippen molar-refractivity contribution in [2.75, 3.05) is 33.5 Å². The van der Waals surface area contributed by atoms with Crippen molar-refractivity contribution in [3.8, 4) is 0 Å². The number of aliphatic hydroxyl groups is 2. The SMILES string of the molecule is COCCNCc1ccc(S(=O)(=O)NC(C)(CO)CO)o1. The lowest BCUT2D eigenvalue weighted by Gasteiger charge is -2.24. The Kier molecular flexibility index (Phi) is 6.78. The molecule has 0 fully saturated rings. The van der Waals surface area contributed by atoms with E-state index in [1.54, 1.807) is 13.2 Å². The number of ether oxygens (including phenoxy) is 1. The average Bonchev–Trinajstić information content (AvgIpc) is 2.93.